The molecular weight excluding hydrogens is 2190 g/mol. The van der Waals surface area contributed by atoms with Gasteiger partial charge in [0.25, 0.3) is 0 Å². The van der Waals surface area contributed by atoms with Crippen molar-refractivity contribution in [3.8, 4) is 137 Å². The van der Waals surface area contributed by atoms with E-state index in [1.807, 2.05) is 77.0 Å². The number of hydrogen-bond acceptors (Lipinski definition) is 8. The second-order valence-electron chi connectivity index (χ2n) is 41.8. The van der Waals surface area contributed by atoms with Crippen LogP contribution in [-0.4, -0.2) is 76.4 Å². The van der Waals surface area contributed by atoms with E-state index in [1.54, 1.807) is 0 Å². The number of benzene rings is 7. The van der Waals surface area contributed by atoms with Crippen molar-refractivity contribution in [2.24, 2.45) is 28.2 Å². The molecule has 28 heteroatoms. The van der Waals surface area contributed by atoms with E-state index in [-0.39, 0.29) is 97.0 Å². The van der Waals surface area contributed by atoms with E-state index in [1.165, 1.54) is 0 Å². The number of hydrogen-bond donors (Lipinski definition) is 0. The van der Waals surface area contributed by atoms with Crippen LogP contribution in [0.15, 0.2) is 316 Å². The van der Waals surface area contributed by atoms with Crippen LogP contribution in [0.2, 0.25) is 0 Å². The van der Waals surface area contributed by atoms with E-state index >= 15 is 0 Å². The summed E-state index contributed by atoms with van der Waals surface area (Å²) < 4.78 is 17.0. The minimum Gasteiger partial charge on any atom is -0.659 e. The summed E-state index contributed by atoms with van der Waals surface area (Å²) in [5, 5.41) is 4.42. The fourth-order valence-corrected chi connectivity index (χ4v) is 20.9. The zero-order chi connectivity index (χ0) is 98.5. The van der Waals surface area contributed by atoms with Gasteiger partial charge in [-0.2, -0.15) is 34.2 Å². The molecule has 0 saturated heterocycles. The largest absolute Gasteiger partial charge is 2.00 e. The van der Waals surface area contributed by atoms with Gasteiger partial charge >= 0.3 is 75.3 Å². The third kappa shape index (κ3) is 16.6. The summed E-state index contributed by atoms with van der Waals surface area (Å²) in [6, 6.07) is 91.8. The van der Waals surface area contributed by atoms with Gasteiger partial charge in [-0.05, 0) is 139 Å². The van der Waals surface area contributed by atoms with Gasteiger partial charge in [-0.3, -0.25) is 0 Å². The summed E-state index contributed by atoms with van der Waals surface area (Å²) in [6.45, 7) is 30.6. The Balaban J connectivity index is 0.000000120. The first kappa shape index (κ1) is 99.7. The first-order chi connectivity index (χ1) is 68.7. The van der Waals surface area contributed by atoms with Crippen molar-refractivity contribution in [1.82, 2.24) is 116 Å². The van der Waals surface area contributed by atoms with Gasteiger partial charge in [0.15, 0.2) is 0 Å². The molecule has 0 fully saturated rings. The number of fused-ring (bicyclic) bond motifs is 50. The maximum Gasteiger partial charge on any atom is 2.00 e. The summed E-state index contributed by atoms with van der Waals surface area (Å²) in [6.07, 6.45) is 16.7. The predicted molar refractivity (Wildman–Crippen MR) is 561 cm³/mol. The molecule has 0 unspecified atom stereocenters. The smallest absolute Gasteiger partial charge is 0.659 e. The Morgan fingerprint density at radius 2 is 0.483 bits per heavy atom. The molecule has 0 atom stereocenters. The fourth-order valence-electron chi connectivity index (χ4n) is 20.9. The average Bonchev–Trinajstić information content (AvgIpc) is 1.18. The summed E-state index contributed by atoms with van der Waals surface area (Å²) in [5.74, 6) is 7.10. The number of nitrogens with zero attached hydrogens (tertiary/aromatic N) is 24. The summed E-state index contributed by atoms with van der Waals surface area (Å²) in [7, 11) is 8.09. The number of aromatic nitrogens is 24. The van der Waals surface area contributed by atoms with Crippen molar-refractivity contribution < 1.29 is 75.3 Å². The van der Waals surface area contributed by atoms with Crippen LogP contribution in [-0.2, 0) is 141 Å². The standard InChI is InChI=1S/C40H32N6.C32H28N6.C25H22N6.C22H24N6.Co.Cu.Pd.Pt/c1-39(2)35-29-21-13-11-19-27(29)33(43-35)31-23-45(25-15-7-5-8-16-25)37(41-31)40(3,4)38-42-32(24-46(38)26-17-9-6-10-18-26)34-28-20-12-14-22-30(28)36(39)44-34;1-31(2)27-17-15-23(33-27)25-19-37(21-11-7-5-8-12-21)29(35-25)32(3,4)30-36-26(24-16-18-28(31)34-24)20-38(30)22-13-9-6-10-14-22;1-25(2)21-10-8-17(26-21)19-13-30(3)23(28-19)15-6-5-7-16(12-15)24-29-20(14-31(24)4)18-9-11-22(25)27-18;1-21(2)15-9-7-13(23-15)19-25-17(11-27(19)5)22(3,4)18-12-28(6)20(26-18)14-8-10-16(21)24-14;;;;/h5-24H,1-4H3;5-20H,1-4H3;5-14H,1-4H3;7-12H,1-6H3;;;;/q4*-2;4*+2. The Hall–Kier alpha value is -14.6. The van der Waals surface area contributed by atoms with Crippen molar-refractivity contribution in [2.75, 3.05) is 0 Å². The summed E-state index contributed by atoms with van der Waals surface area (Å²) >= 11 is 0. The van der Waals surface area contributed by atoms with Crippen molar-refractivity contribution in [2.45, 2.75) is 135 Å². The molecule has 34 bridgehead atoms. The number of para-hydroxylation sites is 4. The molecule has 0 aliphatic carbocycles. The molecule has 0 N–H and O–H groups in total. The Kier molecular flexibility index (Phi) is 25.1. The molecule has 20 heterocycles. The van der Waals surface area contributed by atoms with Crippen LogP contribution in [0.25, 0.3) is 158 Å². The fraction of sp³-hybridized carbons (Fsp3) is 0.210. The molecule has 0 amide bonds. The van der Waals surface area contributed by atoms with Crippen LogP contribution >= 0.6 is 0 Å². The van der Waals surface area contributed by atoms with Crippen LogP contribution in [0.3, 0.4) is 0 Å². The van der Waals surface area contributed by atoms with Gasteiger partial charge in [-0.15, -0.1) is 45.6 Å². The molecule has 23 aromatic rings. The number of imidazole rings is 8. The molecule has 0 spiro atoms. The van der Waals surface area contributed by atoms with Gasteiger partial charge < -0.3 is 76.4 Å². The molecule has 24 nitrogen and oxygen atoms in total. The van der Waals surface area contributed by atoms with Crippen molar-refractivity contribution in [3.63, 3.8) is 0 Å². The molecular formula is C119H106CoCuN24PdPt. The monoisotopic (exact) mass is 2290 g/mol. The van der Waals surface area contributed by atoms with E-state index in [9.17, 15) is 0 Å². The third-order valence-electron chi connectivity index (χ3n) is 29.5. The predicted octanol–water partition coefficient (Wildman–Crippen LogP) is 22.6. The maximum absolute atomic E-state index is 5.44. The Bertz CT molecular complexity index is 8350. The normalized spacial score (nSPS) is 14.8. The number of rotatable bonds is 4. The topological polar surface area (TPSA) is 255 Å². The minimum atomic E-state index is -0.623. The second-order valence-corrected chi connectivity index (χ2v) is 41.8. The Morgan fingerprint density at radius 3 is 0.796 bits per heavy atom. The first-order valence-electron chi connectivity index (χ1n) is 48.6. The van der Waals surface area contributed by atoms with Crippen LogP contribution < -0.4 is 39.9 Å². The van der Waals surface area contributed by atoms with E-state index in [0.29, 0.717) is 0 Å². The molecule has 4 aliphatic rings. The van der Waals surface area contributed by atoms with Gasteiger partial charge in [0.05, 0.1) is 61.8 Å². The van der Waals surface area contributed by atoms with Gasteiger partial charge in [-0.25, -0.2) is 39.9 Å². The zero-order valence-corrected chi connectivity index (χ0v) is 90.3. The van der Waals surface area contributed by atoms with E-state index in [2.05, 4.69) is 401 Å². The van der Waals surface area contributed by atoms with Crippen molar-refractivity contribution in [1.29, 1.82) is 0 Å². The van der Waals surface area contributed by atoms with Crippen LogP contribution in [0.1, 0.15) is 177 Å². The summed E-state index contributed by atoms with van der Waals surface area (Å²) in [4.78, 5) is 81.8. The average molecular weight is 2300 g/mol. The molecule has 147 heavy (non-hydrogen) atoms. The van der Waals surface area contributed by atoms with Gasteiger partial charge in [0.1, 0.15) is 46.6 Å². The maximum atomic E-state index is 5.44. The first-order valence-corrected chi connectivity index (χ1v) is 48.6. The van der Waals surface area contributed by atoms with E-state index < -0.39 is 16.2 Å². The van der Waals surface area contributed by atoms with E-state index in [0.717, 1.165) is 239 Å². The molecule has 27 rings (SSSR count). The van der Waals surface area contributed by atoms with Crippen LogP contribution in [0, 0.1) is 0 Å². The minimum absolute atomic E-state index is 0. The number of aryl methyl sites for hydroxylation is 4. The van der Waals surface area contributed by atoms with Crippen molar-refractivity contribution >= 4 is 21.5 Å². The summed E-state index contributed by atoms with van der Waals surface area (Å²) in [5.41, 5.74) is 25.2. The molecule has 0 saturated carbocycles. The zero-order valence-electron chi connectivity index (χ0n) is 84.5. The molecule has 4 aliphatic heterocycles. The molecule has 742 valence electrons. The molecule has 16 aromatic heterocycles. The third-order valence-corrected chi connectivity index (χ3v) is 29.5. The molecule has 7 aromatic carbocycles. The SMILES string of the molecule is CC1(C)c2[n-]c(c3ccccc23)-c2cn(-c3ccccc3)c(n2)C(C)(C)c2nc(cn2-c2ccccc2)-c2[n-]c1c1ccccc21.CC1(C)c2ccc([n-]2)-c2cn(-c3ccccc3)c(n2)C(C)(C)c2nc(cn2-c2ccccc2)-c2ccc1[n-]2.Cn1cc2nc1-c1ccc([n-]1)C(C)(C)c1ccc([n-]1)-c1nc(cn1C)C2(C)C.Cn1cc2nc1-c1cccc(c1)-c1nc(cn1C)-c1ccc([n-]1)C(C)(C)c1ccc-2[n-]1.[Co+2].[Cu+2].[Pd+2].[Pt+2]. The second kappa shape index (κ2) is 37.1. The Morgan fingerprint density at radius 1 is 0.224 bits per heavy atom. The quantitative estimate of drug-likeness (QED) is 0.148. The van der Waals surface area contributed by atoms with E-state index in [4.69, 9.17) is 79.7 Å². The van der Waals surface area contributed by atoms with Crippen LogP contribution in [0.5, 0.6) is 0 Å². The van der Waals surface area contributed by atoms with Gasteiger partial charge in [0.2, 0.25) is 0 Å². The van der Waals surface area contributed by atoms with Crippen LogP contribution in [0.4, 0.5) is 0 Å². The molecule has 2 radical (unpaired) electrons. The Labute approximate surface area is 902 Å². The van der Waals surface area contributed by atoms with Gasteiger partial charge in [-0.1, -0.05) is 279 Å². The van der Waals surface area contributed by atoms with Gasteiger partial charge in [0, 0.05) is 112 Å². The van der Waals surface area contributed by atoms with Crippen molar-refractivity contribution in [3.05, 3.63) is 397 Å².